The molecule has 0 aromatic carbocycles. The topological polar surface area (TPSA) is 74.6 Å². The van der Waals surface area contributed by atoms with Crippen molar-refractivity contribution in [2.24, 2.45) is 0 Å². The molecule has 1 fully saturated rings. The lowest BCUT2D eigenvalue weighted by Crippen LogP contribution is -2.33. The molecule has 0 spiro atoms. The van der Waals surface area contributed by atoms with Crippen molar-refractivity contribution in [2.75, 3.05) is 0 Å². The fourth-order valence-corrected chi connectivity index (χ4v) is 4.31. The number of carboxylic acids is 2. The van der Waals surface area contributed by atoms with Crippen molar-refractivity contribution >= 4 is 20.0 Å². The van der Waals surface area contributed by atoms with Gasteiger partial charge in [-0.2, -0.15) is 0 Å². The van der Waals surface area contributed by atoms with E-state index in [-0.39, 0.29) is 0 Å². The van der Waals surface area contributed by atoms with Crippen molar-refractivity contribution in [1.82, 2.24) is 0 Å². The molecule has 2 N–H and O–H groups in total. The molecule has 0 radical (unpaired) electrons. The van der Waals surface area contributed by atoms with Crippen molar-refractivity contribution in [1.29, 1.82) is 0 Å². The van der Waals surface area contributed by atoms with Crippen LogP contribution < -0.4 is 0 Å². The molecule has 4 nitrogen and oxygen atoms in total. The molecule has 0 aromatic heterocycles. The zero-order valence-electron chi connectivity index (χ0n) is 9.62. The lowest BCUT2D eigenvalue weighted by Gasteiger charge is -2.34. The van der Waals surface area contributed by atoms with Gasteiger partial charge in [0, 0.05) is 0 Å². The Bertz CT molecular complexity index is 226. The van der Waals surface area contributed by atoms with Gasteiger partial charge in [0.2, 0.25) is 0 Å². The average molecular weight is 232 g/mol. The summed E-state index contributed by atoms with van der Waals surface area (Å²) < 4.78 is 0. The number of rotatable bonds is 0. The molecule has 15 heavy (non-hydrogen) atoms. The van der Waals surface area contributed by atoms with Gasteiger partial charge < -0.3 is 10.2 Å². The predicted octanol–water partition coefficient (Wildman–Crippen LogP) is 2.42. The minimum atomic E-state index is -1.82. The largest absolute Gasteiger partial charge is 0.473 e. The first-order chi connectivity index (χ1) is 6.77. The zero-order chi connectivity index (χ0) is 12.1. The summed E-state index contributed by atoms with van der Waals surface area (Å²) in [7, 11) is -0.694. The van der Waals surface area contributed by atoms with E-state index in [0.717, 1.165) is 5.54 Å². The number of hydrogen-bond donors (Lipinski definition) is 2. The summed E-state index contributed by atoms with van der Waals surface area (Å²) in [5.41, 5.74) is 1.09. The smallest absolute Gasteiger partial charge is 0.414 e. The lowest BCUT2D eigenvalue weighted by molar-refractivity contribution is -0.159. The van der Waals surface area contributed by atoms with Gasteiger partial charge in [-0.05, 0) is 5.54 Å². The highest BCUT2D eigenvalue weighted by atomic mass is 28.3. The van der Waals surface area contributed by atoms with Crippen LogP contribution in [0.4, 0.5) is 0 Å². The third-order valence-electron chi connectivity index (χ3n) is 3.23. The highest BCUT2D eigenvalue weighted by molar-refractivity contribution is 6.78. The van der Waals surface area contributed by atoms with Gasteiger partial charge in [0.15, 0.2) is 0 Å². The van der Waals surface area contributed by atoms with Crippen LogP contribution in [0, 0.1) is 0 Å². The Hall–Kier alpha value is -0.843. The molecule has 5 heteroatoms. The van der Waals surface area contributed by atoms with E-state index in [1.54, 1.807) is 6.04 Å². The summed E-state index contributed by atoms with van der Waals surface area (Å²) in [6, 6.07) is 1.58. The standard InChI is InChI=1S/C8H18Si.C2H2O4/c1-8-6-4-5-7-9(8,2)3;3-1(4)2(5)6/h8H,4-7H2,1-3H3;(H,3,4)(H,5,6). The molecule has 1 rings (SSSR count). The van der Waals surface area contributed by atoms with Crippen molar-refractivity contribution in [3.8, 4) is 0 Å². The summed E-state index contributed by atoms with van der Waals surface area (Å²) in [6.07, 6.45) is 4.53. The van der Waals surface area contributed by atoms with Crippen LogP contribution in [0.15, 0.2) is 0 Å². The molecule has 88 valence electrons. The summed E-state index contributed by atoms with van der Waals surface area (Å²) in [6.45, 7) is 7.53. The van der Waals surface area contributed by atoms with E-state index >= 15 is 0 Å². The summed E-state index contributed by atoms with van der Waals surface area (Å²) in [5.74, 6) is -3.65. The SMILES string of the molecule is CC1CCCC[Si]1(C)C.O=C(O)C(=O)O. The Morgan fingerprint density at radius 2 is 1.60 bits per heavy atom. The Morgan fingerprint density at radius 3 is 1.80 bits per heavy atom. The second-order valence-electron chi connectivity index (χ2n) is 4.75. The Labute approximate surface area is 91.3 Å². The van der Waals surface area contributed by atoms with Crippen molar-refractivity contribution in [3.63, 3.8) is 0 Å². The van der Waals surface area contributed by atoms with Crippen LogP contribution >= 0.6 is 0 Å². The van der Waals surface area contributed by atoms with Crippen molar-refractivity contribution in [3.05, 3.63) is 0 Å². The molecule has 0 saturated carbocycles. The van der Waals surface area contributed by atoms with Crippen LogP contribution in [0.2, 0.25) is 24.7 Å². The van der Waals surface area contributed by atoms with Gasteiger partial charge in [0.1, 0.15) is 0 Å². The molecular formula is C10H20O4Si. The third kappa shape index (κ3) is 5.56. The maximum Gasteiger partial charge on any atom is 0.414 e. The second-order valence-corrected chi connectivity index (χ2v) is 10.2. The quantitative estimate of drug-likeness (QED) is 0.497. The van der Waals surface area contributed by atoms with Crippen LogP contribution in [0.3, 0.4) is 0 Å². The molecule has 0 aliphatic carbocycles. The van der Waals surface area contributed by atoms with Crippen molar-refractivity contribution in [2.45, 2.75) is 50.9 Å². The van der Waals surface area contributed by atoms with Crippen LogP contribution in [0.25, 0.3) is 0 Å². The van der Waals surface area contributed by atoms with Gasteiger partial charge >= 0.3 is 11.9 Å². The van der Waals surface area contributed by atoms with Gasteiger partial charge in [0.25, 0.3) is 0 Å². The first-order valence-corrected chi connectivity index (χ1v) is 8.52. The van der Waals surface area contributed by atoms with Crippen LogP contribution in [0.5, 0.6) is 0 Å². The maximum atomic E-state index is 9.10. The fraction of sp³-hybridized carbons (Fsp3) is 0.800. The van der Waals surface area contributed by atoms with Gasteiger partial charge in [0.05, 0.1) is 8.07 Å². The number of hydrogen-bond acceptors (Lipinski definition) is 2. The monoisotopic (exact) mass is 232 g/mol. The van der Waals surface area contributed by atoms with E-state index < -0.39 is 20.0 Å². The molecule has 1 aliphatic heterocycles. The molecule has 0 amide bonds. The van der Waals surface area contributed by atoms with E-state index in [1.165, 1.54) is 19.3 Å². The van der Waals surface area contributed by atoms with Crippen molar-refractivity contribution < 1.29 is 19.8 Å². The molecule has 1 heterocycles. The third-order valence-corrected chi connectivity index (χ3v) is 7.82. The minimum absolute atomic E-state index is 0.694. The van der Waals surface area contributed by atoms with Gasteiger partial charge in [-0.15, -0.1) is 0 Å². The Balaban J connectivity index is 0.000000288. The van der Waals surface area contributed by atoms with Crippen LogP contribution in [0.1, 0.15) is 26.2 Å². The highest BCUT2D eigenvalue weighted by Gasteiger charge is 2.30. The van der Waals surface area contributed by atoms with E-state index in [1.807, 2.05) is 0 Å². The van der Waals surface area contributed by atoms with E-state index in [2.05, 4.69) is 20.0 Å². The van der Waals surface area contributed by atoms with Crippen LogP contribution in [-0.2, 0) is 9.59 Å². The summed E-state index contributed by atoms with van der Waals surface area (Å²) >= 11 is 0. The molecule has 1 unspecified atom stereocenters. The van der Waals surface area contributed by atoms with E-state index in [0.29, 0.717) is 0 Å². The van der Waals surface area contributed by atoms with Gasteiger partial charge in [-0.3, -0.25) is 0 Å². The van der Waals surface area contributed by atoms with E-state index in [9.17, 15) is 0 Å². The van der Waals surface area contributed by atoms with Gasteiger partial charge in [-0.1, -0.05) is 45.3 Å². The predicted molar refractivity (Wildman–Crippen MR) is 60.8 cm³/mol. The minimum Gasteiger partial charge on any atom is -0.473 e. The lowest BCUT2D eigenvalue weighted by atomic mass is 10.2. The first-order valence-electron chi connectivity index (χ1n) is 5.23. The van der Waals surface area contributed by atoms with Crippen LogP contribution in [-0.4, -0.2) is 30.2 Å². The summed E-state index contributed by atoms with van der Waals surface area (Å²) in [5, 5.41) is 14.8. The normalized spacial score (nSPS) is 23.5. The molecular weight excluding hydrogens is 212 g/mol. The molecule has 1 atom stereocenters. The first kappa shape index (κ1) is 14.2. The summed E-state index contributed by atoms with van der Waals surface area (Å²) in [4.78, 5) is 18.2. The number of aliphatic carboxylic acids is 2. The van der Waals surface area contributed by atoms with Gasteiger partial charge in [-0.25, -0.2) is 9.59 Å². The molecule has 0 aromatic rings. The Morgan fingerprint density at radius 1 is 1.13 bits per heavy atom. The maximum absolute atomic E-state index is 9.10. The molecule has 1 saturated heterocycles. The zero-order valence-corrected chi connectivity index (χ0v) is 10.6. The second kappa shape index (κ2) is 5.90. The molecule has 1 aliphatic rings. The highest BCUT2D eigenvalue weighted by Crippen LogP contribution is 2.36. The molecule has 0 bridgehead atoms. The number of carbonyl (C=O) groups is 2. The van der Waals surface area contributed by atoms with E-state index in [4.69, 9.17) is 19.8 Å². The number of carboxylic acid groups (broad SMARTS) is 2. The Kier molecular flexibility index (Phi) is 5.57. The average Bonchev–Trinajstić information content (AvgIpc) is 2.11. The fourth-order valence-electron chi connectivity index (χ4n) is 1.67.